The Morgan fingerprint density at radius 1 is 0.970 bits per heavy atom. The lowest BCUT2D eigenvalue weighted by Crippen LogP contribution is -2.99. The van der Waals surface area contributed by atoms with E-state index in [0.29, 0.717) is 36.7 Å². The summed E-state index contributed by atoms with van der Waals surface area (Å²) in [6, 6.07) is 18.4. The summed E-state index contributed by atoms with van der Waals surface area (Å²) < 4.78 is 0. The smallest absolute Gasteiger partial charge is 0.225 e. The Hall–Kier alpha value is -3.04. The molecular formula is C25H32N6O2. The van der Waals surface area contributed by atoms with Gasteiger partial charge in [0.1, 0.15) is 0 Å². The Labute approximate surface area is 194 Å². The van der Waals surface area contributed by atoms with Crippen LogP contribution in [0, 0.1) is 17.0 Å². The number of hydrogen-bond donors (Lipinski definition) is 5. The minimum absolute atomic E-state index is 0.0841. The van der Waals surface area contributed by atoms with Crippen molar-refractivity contribution in [3.05, 3.63) is 71.6 Å². The topological polar surface area (TPSA) is 124 Å². The lowest BCUT2D eigenvalue weighted by Gasteiger charge is -2.28. The Balaban J connectivity index is 1.44. The van der Waals surface area contributed by atoms with E-state index in [1.54, 1.807) is 0 Å². The molecule has 1 aliphatic carbocycles. The molecule has 1 unspecified atom stereocenters. The number of nitrogens with one attached hydrogen (secondary N) is 3. The number of hydrogen-bond acceptors (Lipinski definition) is 7. The van der Waals surface area contributed by atoms with Gasteiger partial charge >= 0.3 is 0 Å². The second-order valence-corrected chi connectivity index (χ2v) is 8.64. The fourth-order valence-electron chi connectivity index (χ4n) is 4.42. The Morgan fingerprint density at radius 2 is 1.67 bits per heavy atom. The molecule has 0 radical (unpaired) electrons. The van der Waals surface area contributed by atoms with Crippen LogP contribution in [0.2, 0.25) is 0 Å². The highest BCUT2D eigenvalue weighted by Gasteiger charge is 2.21. The molecule has 0 saturated heterocycles. The minimum Gasteiger partial charge on any atom is -0.595 e. The van der Waals surface area contributed by atoms with E-state index in [2.05, 4.69) is 44.9 Å². The number of benzene rings is 2. The van der Waals surface area contributed by atoms with Crippen molar-refractivity contribution in [1.29, 1.82) is 0 Å². The molecule has 0 spiro atoms. The van der Waals surface area contributed by atoms with Crippen molar-refractivity contribution in [2.75, 3.05) is 23.7 Å². The quantitative estimate of drug-likeness (QED) is 0.318. The van der Waals surface area contributed by atoms with E-state index in [-0.39, 0.29) is 5.69 Å². The van der Waals surface area contributed by atoms with Crippen LogP contribution in [0.3, 0.4) is 0 Å². The van der Waals surface area contributed by atoms with Crippen molar-refractivity contribution in [3.8, 4) is 11.1 Å². The van der Waals surface area contributed by atoms with Gasteiger partial charge in [-0.15, -0.1) is 0 Å². The first-order valence-corrected chi connectivity index (χ1v) is 11.6. The zero-order valence-corrected chi connectivity index (χ0v) is 18.7. The molecule has 8 heteroatoms. The average molecular weight is 449 g/mol. The molecule has 0 bridgehead atoms. The molecule has 3 aromatic rings. The van der Waals surface area contributed by atoms with Gasteiger partial charge in [0, 0.05) is 13.1 Å². The Bertz CT molecular complexity index is 1020. The third kappa shape index (κ3) is 6.06. The molecular weight excluding hydrogens is 416 g/mol. The number of nitrogens with zero attached hydrogens (tertiary/aromatic N) is 2. The van der Waals surface area contributed by atoms with Crippen LogP contribution in [-0.2, 0) is 6.54 Å². The van der Waals surface area contributed by atoms with Gasteiger partial charge in [-0.05, 0) is 60.8 Å². The van der Waals surface area contributed by atoms with Gasteiger partial charge in [-0.3, -0.25) is 0 Å². The lowest BCUT2D eigenvalue weighted by molar-refractivity contribution is -0.991. The number of rotatable bonds is 9. The molecule has 2 aromatic carbocycles. The van der Waals surface area contributed by atoms with Crippen LogP contribution in [0.1, 0.15) is 31.2 Å². The number of aromatic nitrogens is 2. The van der Waals surface area contributed by atoms with E-state index in [0.717, 1.165) is 48.9 Å². The summed E-state index contributed by atoms with van der Waals surface area (Å²) in [6.07, 6.45) is 5.83. The molecule has 1 saturated carbocycles. The second kappa shape index (κ2) is 11.2. The molecule has 1 heterocycles. The highest BCUT2D eigenvalue weighted by atomic mass is 16.8. The van der Waals surface area contributed by atoms with Gasteiger partial charge < -0.3 is 21.6 Å². The first-order valence-electron chi connectivity index (χ1n) is 11.6. The van der Waals surface area contributed by atoms with Crippen LogP contribution in [0.4, 0.5) is 17.5 Å². The molecule has 0 amide bonds. The highest BCUT2D eigenvalue weighted by molar-refractivity contribution is 5.67. The van der Waals surface area contributed by atoms with Gasteiger partial charge in [0.25, 0.3) is 0 Å². The normalized spacial score (nSPS) is 19.1. The summed E-state index contributed by atoms with van der Waals surface area (Å²) in [6.45, 7) is 1.97. The Morgan fingerprint density at radius 3 is 2.39 bits per heavy atom. The SMILES string of the molecule is NCC1CCC(CNc2nc(NCc3ccccc3-c3ccccc3)ncc2[NH+]([O-])O)CC1. The molecule has 174 valence electrons. The van der Waals surface area contributed by atoms with Gasteiger partial charge in [-0.2, -0.15) is 10.2 Å². The van der Waals surface area contributed by atoms with Gasteiger partial charge in [-0.1, -0.05) is 54.6 Å². The molecule has 1 aromatic heterocycles. The van der Waals surface area contributed by atoms with Crippen LogP contribution in [0.15, 0.2) is 60.8 Å². The van der Waals surface area contributed by atoms with Gasteiger partial charge in [0.15, 0.2) is 5.82 Å². The average Bonchev–Trinajstić information content (AvgIpc) is 2.87. The summed E-state index contributed by atoms with van der Waals surface area (Å²) in [5.41, 5.74) is 9.27. The van der Waals surface area contributed by atoms with Gasteiger partial charge in [0.2, 0.25) is 11.6 Å². The Kier molecular flexibility index (Phi) is 7.85. The van der Waals surface area contributed by atoms with Crippen LogP contribution in [0.5, 0.6) is 0 Å². The van der Waals surface area contributed by atoms with Crippen molar-refractivity contribution in [2.45, 2.75) is 32.2 Å². The number of quaternary nitrogens is 1. The molecule has 8 nitrogen and oxygen atoms in total. The summed E-state index contributed by atoms with van der Waals surface area (Å²) in [4.78, 5) is 8.73. The summed E-state index contributed by atoms with van der Waals surface area (Å²) in [5.74, 6) is 1.87. The highest BCUT2D eigenvalue weighted by Crippen LogP contribution is 2.29. The monoisotopic (exact) mass is 448 g/mol. The van der Waals surface area contributed by atoms with Gasteiger partial charge in [0.05, 0.1) is 6.20 Å². The van der Waals surface area contributed by atoms with E-state index >= 15 is 0 Å². The van der Waals surface area contributed by atoms with E-state index < -0.39 is 5.23 Å². The summed E-state index contributed by atoms with van der Waals surface area (Å²) in [7, 11) is 0. The number of anilines is 2. The predicted octanol–water partition coefficient (Wildman–Crippen LogP) is 3.34. The number of nitrogens with two attached hydrogens (primary N) is 1. The third-order valence-electron chi connectivity index (χ3n) is 6.42. The molecule has 1 aliphatic rings. The first-order chi connectivity index (χ1) is 16.1. The summed E-state index contributed by atoms with van der Waals surface area (Å²) >= 11 is 0. The second-order valence-electron chi connectivity index (χ2n) is 8.64. The summed E-state index contributed by atoms with van der Waals surface area (Å²) in [5, 5.41) is 26.8. The maximum atomic E-state index is 11.7. The van der Waals surface area contributed by atoms with Crippen molar-refractivity contribution < 1.29 is 10.4 Å². The predicted molar refractivity (Wildman–Crippen MR) is 130 cm³/mol. The first kappa shape index (κ1) is 23.1. The fraction of sp³-hybridized carbons (Fsp3) is 0.360. The standard InChI is InChI=1S/C25H32N6O2/c26-14-18-10-12-19(13-11-18)15-27-24-23(31(32)33)17-29-25(30-24)28-16-21-8-4-5-9-22(21)20-6-2-1-3-7-20/h1-9,17-19,31-32H,10-16,26H2,(H2,27,28,29,30). The van der Waals surface area contributed by atoms with Crippen LogP contribution < -0.4 is 21.6 Å². The van der Waals surface area contributed by atoms with Gasteiger partial charge in [-0.25, -0.2) is 10.2 Å². The fourth-order valence-corrected chi connectivity index (χ4v) is 4.42. The molecule has 33 heavy (non-hydrogen) atoms. The maximum absolute atomic E-state index is 11.7. The van der Waals surface area contributed by atoms with E-state index in [4.69, 9.17) is 5.73 Å². The molecule has 1 atom stereocenters. The van der Waals surface area contributed by atoms with Crippen molar-refractivity contribution >= 4 is 17.5 Å². The van der Waals surface area contributed by atoms with Crippen molar-refractivity contribution in [2.24, 2.45) is 17.6 Å². The molecule has 4 rings (SSSR count). The third-order valence-corrected chi connectivity index (χ3v) is 6.42. The van der Waals surface area contributed by atoms with E-state index in [9.17, 15) is 10.4 Å². The van der Waals surface area contributed by atoms with Crippen molar-refractivity contribution in [1.82, 2.24) is 9.97 Å². The molecule has 6 N–H and O–H groups in total. The molecule has 0 aliphatic heterocycles. The zero-order chi connectivity index (χ0) is 23.0. The van der Waals surface area contributed by atoms with Crippen LogP contribution in [0.25, 0.3) is 11.1 Å². The van der Waals surface area contributed by atoms with Crippen molar-refractivity contribution in [3.63, 3.8) is 0 Å². The maximum Gasteiger partial charge on any atom is 0.225 e. The molecule has 1 fully saturated rings. The largest absolute Gasteiger partial charge is 0.595 e. The zero-order valence-electron chi connectivity index (χ0n) is 18.7. The minimum atomic E-state index is -1.04. The van der Waals surface area contributed by atoms with Crippen LogP contribution in [-0.4, -0.2) is 28.3 Å². The van der Waals surface area contributed by atoms with E-state index in [1.165, 1.54) is 6.20 Å². The lowest BCUT2D eigenvalue weighted by atomic mass is 9.82. The van der Waals surface area contributed by atoms with E-state index in [1.807, 2.05) is 30.3 Å². The van der Waals surface area contributed by atoms with Crippen LogP contribution >= 0.6 is 0 Å².